The maximum absolute atomic E-state index is 13.1. The van der Waals surface area contributed by atoms with Crippen molar-refractivity contribution in [3.8, 4) is 0 Å². The Morgan fingerprint density at radius 1 is 1.17 bits per heavy atom. The van der Waals surface area contributed by atoms with Crippen LogP contribution < -0.4 is 5.32 Å². The van der Waals surface area contributed by atoms with E-state index in [0.29, 0.717) is 31.1 Å². The summed E-state index contributed by atoms with van der Waals surface area (Å²) < 4.78 is 41.0. The van der Waals surface area contributed by atoms with E-state index in [-0.39, 0.29) is 11.9 Å². The highest BCUT2D eigenvalue weighted by Gasteiger charge is 2.39. The summed E-state index contributed by atoms with van der Waals surface area (Å²) in [7, 11) is 1.61. The Morgan fingerprint density at radius 3 is 2.46 bits per heavy atom. The average molecular weight is 523 g/mol. The van der Waals surface area contributed by atoms with E-state index in [1.54, 1.807) is 7.05 Å². The minimum absolute atomic E-state index is 0.134. The van der Waals surface area contributed by atoms with Crippen molar-refractivity contribution >= 4 is 29.3 Å². The van der Waals surface area contributed by atoms with Gasteiger partial charge in [-0.1, -0.05) is 65.8 Å². The van der Waals surface area contributed by atoms with Crippen LogP contribution in [-0.4, -0.2) is 40.2 Å². The third-order valence-corrected chi connectivity index (χ3v) is 7.29. The van der Waals surface area contributed by atoms with Crippen LogP contribution in [0.2, 0.25) is 5.15 Å². The highest BCUT2D eigenvalue weighted by molar-refractivity contribution is 7.98. The lowest BCUT2D eigenvalue weighted by Crippen LogP contribution is -2.46. The van der Waals surface area contributed by atoms with Crippen LogP contribution in [0, 0.1) is 0 Å². The summed E-state index contributed by atoms with van der Waals surface area (Å²) >= 11 is 8.13. The van der Waals surface area contributed by atoms with E-state index in [4.69, 9.17) is 11.6 Å². The summed E-state index contributed by atoms with van der Waals surface area (Å²) in [6, 6.07) is 14.0. The molecule has 0 saturated carbocycles. The Labute approximate surface area is 211 Å². The molecular formula is C25H26ClF3N4OS. The van der Waals surface area contributed by atoms with Gasteiger partial charge in [-0.15, -0.1) is 0 Å². The number of nitrogens with zero attached hydrogens (tertiary/aromatic N) is 3. The Morgan fingerprint density at radius 2 is 1.86 bits per heavy atom. The maximum atomic E-state index is 13.1. The molecule has 1 aromatic heterocycles. The summed E-state index contributed by atoms with van der Waals surface area (Å²) in [5.41, 5.74) is 1.81. The van der Waals surface area contributed by atoms with Crippen molar-refractivity contribution in [3.63, 3.8) is 0 Å². The van der Waals surface area contributed by atoms with Gasteiger partial charge in [0.05, 0.1) is 17.3 Å². The van der Waals surface area contributed by atoms with E-state index in [9.17, 15) is 18.0 Å². The summed E-state index contributed by atoms with van der Waals surface area (Å²) in [5.74, 6) is -0.134. The summed E-state index contributed by atoms with van der Waals surface area (Å²) in [4.78, 5) is 19.8. The van der Waals surface area contributed by atoms with E-state index in [1.807, 2.05) is 36.6 Å². The average Bonchev–Trinajstić information content (AvgIpc) is 3.19. The van der Waals surface area contributed by atoms with Gasteiger partial charge in [0, 0.05) is 20.1 Å². The SMILES string of the molecule is CNC(=O)[C@@H](c1ccccc1)N1CCn2c(SC)nc(Cl)c2[C@@H]1CCc1ccc(C(F)(F)F)cc1. The second kappa shape index (κ2) is 10.6. The Balaban J connectivity index is 1.70. The van der Waals surface area contributed by atoms with Crippen molar-refractivity contribution in [1.82, 2.24) is 19.8 Å². The van der Waals surface area contributed by atoms with Crippen LogP contribution in [0.4, 0.5) is 13.2 Å². The molecule has 4 rings (SSSR count). The van der Waals surface area contributed by atoms with Crippen LogP contribution in [0.1, 0.15) is 40.9 Å². The van der Waals surface area contributed by atoms with Crippen molar-refractivity contribution < 1.29 is 18.0 Å². The van der Waals surface area contributed by atoms with Gasteiger partial charge in [0.1, 0.15) is 6.04 Å². The fourth-order valence-electron chi connectivity index (χ4n) is 4.67. The zero-order chi connectivity index (χ0) is 25.2. The number of amides is 1. The molecule has 5 nitrogen and oxygen atoms in total. The number of nitrogens with one attached hydrogen (secondary N) is 1. The molecule has 0 aliphatic carbocycles. The van der Waals surface area contributed by atoms with Crippen LogP contribution >= 0.6 is 23.4 Å². The first-order valence-electron chi connectivity index (χ1n) is 11.2. The standard InChI is InChI=1S/C25H26ClF3N4OS/c1-30-23(34)20(17-6-4-3-5-7-17)32-14-15-33-21(22(26)31-24(33)35-2)19(32)13-10-16-8-11-18(12-9-16)25(27,28)29/h3-9,11-12,19-20H,10,13-15H2,1-2H3,(H,30,34)/t19-,20+/m0/s1. The number of fused-ring (bicyclic) bond motifs is 1. The first kappa shape index (κ1) is 25.6. The first-order chi connectivity index (χ1) is 16.7. The number of rotatable bonds is 7. The van der Waals surface area contributed by atoms with Gasteiger partial charge in [0.25, 0.3) is 0 Å². The second-order valence-electron chi connectivity index (χ2n) is 8.34. The predicted molar refractivity (Wildman–Crippen MR) is 131 cm³/mol. The number of carbonyl (C=O) groups is 1. The zero-order valence-electron chi connectivity index (χ0n) is 19.3. The molecule has 0 fully saturated rings. The highest BCUT2D eigenvalue weighted by Crippen LogP contribution is 2.41. The largest absolute Gasteiger partial charge is 0.416 e. The number of benzene rings is 2. The van der Waals surface area contributed by atoms with E-state index in [1.165, 1.54) is 23.9 Å². The van der Waals surface area contributed by atoms with Crippen molar-refractivity contribution in [3.05, 3.63) is 82.1 Å². The number of aromatic nitrogens is 2. The molecule has 0 bridgehead atoms. The lowest BCUT2D eigenvalue weighted by molar-refractivity contribution is -0.137. The number of carbonyl (C=O) groups excluding carboxylic acids is 1. The summed E-state index contributed by atoms with van der Waals surface area (Å²) in [5, 5.41) is 3.98. The van der Waals surface area contributed by atoms with Crippen molar-refractivity contribution in [2.24, 2.45) is 0 Å². The summed E-state index contributed by atoms with van der Waals surface area (Å²) in [6.07, 6.45) is -1.36. The van der Waals surface area contributed by atoms with Crippen LogP contribution in [0.25, 0.3) is 0 Å². The van der Waals surface area contributed by atoms with Gasteiger partial charge in [-0.25, -0.2) is 4.98 Å². The van der Waals surface area contributed by atoms with Crippen LogP contribution in [-0.2, 0) is 23.9 Å². The molecule has 1 N–H and O–H groups in total. The minimum Gasteiger partial charge on any atom is -0.358 e. The molecule has 2 atom stereocenters. The molecule has 0 radical (unpaired) electrons. The number of hydrogen-bond acceptors (Lipinski definition) is 4. The smallest absolute Gasteiger partial charge is 0.358 e. The molecule has 35 heavy (non-hydrogen) atoms. The molecule has 186 valence electrons. The predicted octanol–water partition coefficient (Wildman–Crippen LogP) is 5.75. The normalized spacial score (nSPS) is 17.1. The number of aryl methyl sites for hydroxylation is 1. The molecule has 0 unspecified atom stereocenters. The molecule has 2 heterocycles. The van der Waals surface area contributed by atoms with Gasteiger partial charge in [-0.05, 0) is 42.4 Å². The summed E-state index contributed by atoms with van der Waals surface area (Å²) in [6.45, 7) is 1.22. The van der Waals surface area contributed by atoms with E-state index < -0.39 is 17.8 Å². The molecule has 0 saturated heterocycles. The van der Waals surface area contributed by atoms with Crippen LogP contribution in [0.15, 0.2) is 59.8 Å². The Hall–Kier alpha value is -2.49. The second-order valence-corrected chi connectivity index (χ2v) is 9.47. The van der Waals surface area contributed by atoms with E-state index in [2.05, 4.69) is 19.8 Å². The number of hydrogen-bond donors (Lipinski definition) is 1. The minimum atomic E-state index is -4.37. The molecule has 0 spiro atoms. The number of thioether (sulfide) groups is 1. The van der Waals surface area contributed by atoms with E-state index in [0.717, 1.165) is 34.1 Å². The molecule has 1 amide bonds. The van der Waals surface area contributed by atoms with Gasteiger partial charge in [-0.3, -0.25) is 9.69 Å². The maximum Gasteiger partial charge on any atom is 0.416 e. The number of alkyl halides is 3. The lowest BCUT2D eigenvalue weighted by Gasteiger charge is -2.41. The quantitative estimate of drug-likeness (QED) is 0.401. The molecule has 1 aliphatic heterocycles. The molecular weight excluding hydrogens is 497 g/mol. The molecule has 3 aromatic rings. The van der Waals surface area contributed by atoms with Gasteiger partial charge in [0.15, 0.2) is 10.3 Å². The first-order valence-corrected chi connectivity index (χ1v) is 12.8. The van der Waals surface area contributed by atoms with Crippen molar-refractivity contribution in [1.29, 1.82) is 0 Å². The lowest BCUT2D eigenvalue weighted by atomic mass is 9.95. The molecule has 10 heteroatoms. The number of imidazole rings is 1. The fraction of sp³-hybridized carbons (Fsp3) is 0.360. The van der Waals surface area contributed by atoms with Crippen LogP contribution in [0.5, 0.6) is 0 Å². The van der Waals surface area contributed by atoms with Crippen molar-refractivity contribution in [2.75, 3.05) is 19.8 Å². The van der Waals surface area contributed by atoms with Gasteiger partial charge in [0.2, 0.25) is 5.91 Å². The van der Waals surface area contributed by atoms with Crippen LogP contribution in [0.3, 0.4) is 0 Å². The number of halogens is 4. The topological polar surface area (TPSA) is 50.2 Å². The number of likely N-dealkylation sites (N-methyl/N-ethyl adjacent to an activating group) is 1. The molecule has 1 aliphatic rings. The van der Waals surface area contributed by atoms with Crippen molar-refractivity contribution in [2.45, 2.75) is 42.8 Å². The zero-order valence-corrected chi connectivity index (χ0v) is 20.9. The van der Waals surface area contributed by atoms with Gasteiger partial charge < -0.3 is 9.88 Å². The molecule has 2 aromatic carbocycles. The van der Waals surface area contributed by atoms with E-state index >= 15 is 0 Å². The Kier molecular flexibility index (Phi) is 7.78. The third-order valence-electron chi connectivity index (χ3n) is 6.34. The van der Waals surface area contributed by atoms with Gasteiger partial charge in [-0.2, -0.15) is 13.2 Å². The highest BCUT2D eigenvalue weighted by atomic mass is 35.5. The monoisotopic (exact) mass is 522 g/mol. The van der Waals surface area contributed by atoms with Gasteiger partial charge >= 0.3 is 6.18 Å². The fourth-order valence-corrected chi connectivity index (χ4v) is 5.63. The Bertz CT molecular complexity index is 1170. The third kappa shape index (κ3) is 5.37.